The number of benzene rings is 3. The first-order valence-corrected chi connectivity index (χ1v) is 8.51. The Balaban J connectivity index is 2.04. The van der Waals surface area contributed by atoms with Crippen molar-refractivity contribution in [2.75, 3.05) is 11.1 Å². The lowest BCUT2D eigenvalue weighted by molar-refractivity contribution is -0.114. The van der Waals surface area contributed by atoms with Crippen molar-refractivity contribution in [3.05, 3.63) is 42.5 Å². The minimum absolute atomic E-state index is 0.0286. The molecule has 0 aliphatic carbocycles. The Morgan fingerprint density at radius 3 is 2.58 bits per heavy atom. The number of hydrogen-bond donors (Lipinski definition) is 5. The highest BCUT2D eigenvalue weighted by Crippen LogP contribution is 2.40. The predicted octanol–water partition coefficient (Wildman–Crippen LogP) is 5.08. The summed E-state index contributed by atoms with van der Waals surface area (Å²) in [5, 5.41) is 22.6. The number of nitrogen functional groups attached to an aromatic ring is 1. The molecule has 0 aliphatic heterocycles. The van der Waals surface area contributed by atoms with E-state index in [9.17, 15) is 9.90 Å². The van der Waals surface area contributed by atoms with E-state index < -0.39 is 0 Å². The normalized spacial score (nSPS) is 11.2. The summed E-state index contributed by atoms with van der Waals surface area (Å²) in [7, 11) is 0. The monoisotopic (exact) mass is 384 g/mol. The molecule has 0 heterocycles. The third-order valence-corrected chi connectivity index (χ3v) is 4.26. The second-order valence-electron chi connectivity index (χ2n) is 5.65. The number of azo groups is 1. The molecule has 0 saturated carbocycles. The molecule has 0 fully saturated rings. The van der Waals surface area contributed by atoms with E-state index in [0.29, 0.717) is 37.9 Å². The number of carbonyl (C=O) groups excluding carboxylic acids is 1. The molecule has 3 aromatic rings. The molecule has 26 heavy (non-hydrogen) atoms. The standard InChI is InChI=1S/C18H16N4O2S2/c1-9(23)20-11-3-5-14(16(26)7-11)21-22-18-13(19)4-2-10-6-12(25)8-15(24)17(10)18/h2-8,24-26H,19H2,1H3,(H,20,23). The summed E-state index contributed by atoms with van der Waals surface area (Å²) in [6, 6.07) is 11.9. The number of rotatable bonds is 3. The molecule has 0 aromatic heterocycles. The minimum Gasteiger partial charge on any atom is -0.507 e. The summed E-state index contributed by atoms with van der Waals surface area (Å²) in [6.45, 7) is 1.43. The summed E-state index contributed by atoms with van der Waals surface area (Å²) in [5.74, 6) is -0.143. The average molecular weight is 384 g/mol. The molecule has 132 valence electrons. The molecule has 0 radical (unpaired) electrons. The highest BCUT2D eigenvalue weighted by atomic mass is 32.1. The fourth-order valence-corrected chi connectivity index (χ4v) is 3.05. The van der Waals surface area contributed by atoms with Gasteiger partial charge in [-0.1, -0.05) is 6.07 Å². The average Bonchev–Trinajstić information content (AvgIpc) is 2.55. The van der Waals surface area contributed by atoms with E-state index >= 15 is 0 Å². The van der Waals surface area contributed by atoms with Crippen molar-refractivity contribution < 1.29 is 9.90 Å². The lowest BCUT2D eigenvalue weighted by Gasteiger charge is -2.08. The zero-order chi connectivity index (χ0) is 18.8. The van der Waals surface area contributed by atoms with Gasteiger partial charge in [0.15, 0.2) is 0 Å². The number of fused-ring (bicyclic) bond motifs is 1. The Hall–Kier alpha value is -2.71. The van der Waals surface area contributed by atoms with Gasteiger partial charge in [0.1, 0.15) is 11.4 Å². The van der Waals surface area contributed by atoms with Gasteiger partial charge in [0.2, 0.25) is 5.91 Å². The minimum atomic E-state index is -0.172. The number of aromatic hydroxyl groups is 1. The van der Waals surface area contributed by atoms with Crippen LogP contribution in [0.4, 0.5) is 22.7 Å². The molecule has 0 atom stereocenters. The molecule has 3 rings (SSSR count). The first kappa shape index (κ1) is 18.1. The molecule has 4 N–H and O–H groups in total. The Kier molecular flexibility index (Phi) is 5.06. The van der Waals surface area contributed by atoms with Gasteiger partial charge in [-0.05, 0) is 41.8 Å². The number of nitrogens with zero attached hydrogens (tertiary/aromatic N) is 2. The van der Waals surface area contributed by atoms with Crippen LogP contribution in [-0.2, 0) is 4.79 Å². The lowest BCUT2D eigenvalue weighted by Crippen LogP contribution is -2.05. The Morgan fingerprint density at radius 1 is 1.12 bits per heavy atom. The molecule has 0 bridgehead atoms. The van der Waals surface area contributed by atoms with Gasteiger partial charge in [-0.2, -0.15) is 0 Å². The van der Waals surface area contributed by atoms with Gasteiger partial charge in [-0.15, -0.1) is 35.5 Å². The Bertz CT molecular complexity index is 1050. The number of nitrogens with two attached hydrogens (primary N) is 1. The maximum atomic E-state index is 11.1. The second kappa shape index (κ2) is 7.27. The molecule has 6 nitrogen and oxygen atoms in total. The fraction of sp³-hybridized carbons (Fsp3) is 0.0556. The van der Waals surface area contributed by atoms with E-state index in [4.69, 9.17) is 5.73 Å². The number of hydrogen-bond acceptors (Lipinski definition) is 7. The quantitative estimate of drug-likeness (QED) is 0.247. The van der Waals surface area contributed by atoms with E-state index in [1.165, 1.54) is 13.0 Å². The third kappa shape index (κ3) is 3.76. The number of amides is 1. The lowest BCUT2D eigenvalue weighted by atomic mass is 10.1. The van der Waals surface area contributed by atoms with Crippen LogP contribution in [0.15, 0.2) is 62.5 Å². The van der Waals surface area contributed by atoms with Crippen molar-refractivity contribution in [3.63, 3.8) is 0 Å². The SMILES string of the molecule is CC(=O)Nc1ccc(N=Nc2c(N)ccc3cc(S)cc(O)c23)c(S)c1. The molecule has 1 amide bonds. The summed E-state index contributed by atoms with van der Waals surface area (Å²) in [5.41, 5.74) is 7.90. The van der Waals surface area contributed by atoms with Crippen LogP contribution in [0.3, 0.4) is 0 Å². The maximum Gasteiger partial charge on any atom is 0.221 e. The van der Waals surface area contributed by atoms with E-state index in [1.807, 2.05) is 6.07 Å². The van der Waals surface area contributed by atoms with Crippen molar-refractivity contribution in [3.8, 4) is 5.75 Å². The maximum absolute atomic E-state index is 11.1. The van der Waals surface area contributed by atoms with Gasteiger partial charge in [0.25, 0.3) is 0 Å². The molecule has 0 aliphatic rings. The summed E-state index contributed by atoms with van der Waals surface area (Å²) in [4.78, 5) is 12.3. The van der Waals surface area contributed by atoms with Crippen LogP contribution in [0.2, 0.25) is 0 Å². The van der Waals surface area contributed by atoms with Crippen molar-refractivity contribution >= 4 is 64.7 Å². The summed E-state index contributed by atoms with van der Waals surface area (Å²) in [6.07, 6.45) is 0. The number of carbonyl (C=O) groups is 1. The second-order valence-corrected chi connectivity index (χ2v) is 6.65. The first-order valence-electron chi connectivity index (χ1n) is 7.61. The largest absolute Gasteiger partial charge is 0.507 e. The van der Waals surface area contributed by atoms with Crippen LogP contribution < -0.4 is 11.1 Å². The highest BCUT2D eigenvalue weighted by Gasteiger charge is 2.11. The van der Waals surface area contributed by atoms with E-state index in [-0.39, 0.29) is 11.7 Å². The van der Waals surface area contributed by atoms with Gasteiger partial charge in [-0.3, -0.25) is 4.79 Å². The zero-order valence-corrected chi connectivity index (χ0v) is 15.6. The predicted molar refractivity (Wildman–Crippen MR) is 109 cm³/mol. The molecular formula is C18H16N4O2S2. The van der Waals surface area contributed by atoms with Crippen molar-refractivity contribution in [2.24, 2.45) is 10.2 Å². The third-order valence-electron chi connectivity index (χ3n) is 3.64. The van der Waals surface area contributed by atoms with Crippen LogP contribution in [0, 0.1) is 0 Å². The van der Waals surface area contributed by atoms with Crippen molar-refractivity contribution in [2.45, 2.75) is 16.7 Å². The van der Waals surface area contributed by atoms with Crippen LogP contribution in [0.5, 0.6) is 5.75 Å². The molecule has 0 saturated heterocycles. The van der Waals surface area contributed by atoms with Gasteiger partial charge in [0, 0.05) is 22.4 Å². The summed E-state index contributed by atoms with van der Waals surface area (Å²) < 4.78 is 0. The van der Waals surface area contributed by atoms with Crippen molar-refractivity contribution in [1.82, 2.24) is 0 Å². The number of phenols is 1. The zero-order valence-electron chi connectivity index (χ0n) is 13.8. The van der Waals surface area contributed by atoms with Crippen molar-refractivity contribution in [1.29, 1.82) is 0 Å². The van der Waals surface area contributed by atoms with E-state index in [0.717, 1.165) is 5.39 Å². The smallest absolute Gasteiger partial charge is 0.221 e. The van der Waals surface area contributed by atoms with Crippen LogP contribution >= 0.6 is 25.3 Å². The Morgan fingerprint density at radius 2 is 1.88 bits per heavy atom. The van der Waals surface area contributed by atoms with Gasteiger partial charge >= 0.3 is 0 Å². The van der Waals surface area contributed by atoms with Crippen LogP contribution in [-0.4, -0.2) is 11.0 Å². The highest BCUT2D eigenvalue weighted by molar-refractivity contribution is 7.80. The van der Waals surface area contributed by atoms with Gasteiger partial charge in [-0.25, -0.2) is 0 Å². The van der Waals surface area contributed by atoms with Crippen LogP contribution in [0.25, 0.3) is 10.8 Å². The Labute approximate surface area is 161 Å². The number of anilines is 2. The molecule has 3 aromatic carbocycles. The first-order chi connectivity index (χ1) is 12.3. The number of thiol groups is 2. The summed E-state index contributed by atoms with van der Waals surface area (Å²) >= 11 is 8.63. The number of nitrogens with one attached hydrogen (secondary N) is 1. The van der Waals surface area contributed by atoms with E-state index in [1.54, 1.807) is 30.3 Å². The topological polar surface area (TPSA) is 100 Å². The van der Waals surface area contributed by atoms with E-state index in [2.05, 4.69) is 40.8 Å². The fourth-order valence-electron chi connectivity index (χ4n) is 2.53. The molecular weight excluding hydrogens is 368 g/mol. The molecule has 8 heteroatoms. The van der Waals surface area contributed by atoms with Crippen LogP contribution in [0.1, 0.15) is 6.92 Å². The van der Waals surface area contributed by atoms with Gasteiger partial charge in [0.05, 0.1) is 16.8 Å². The van der Waals surface area contributed by atoms with Gasteiger partial charge < -0.3 is 16.2 Å². The number of phenolic OH excluding ortho intramolecular Hbond substituents is 1. The molecule has 0 unspecified atom stereocenters. The molecule has 0 spiro atoms.